The van der Waals surface area contributed by atoms with E-state index in [9.17, 15) is 0 Å². The summed E-state index contributed by atoms with van der Waals surface area (Å²) >= 11 is 0. The van der Waals surface area contributed by atoms with Crippen LogP contribution in [0.2, 0.25) is 0 Å². The highest BCUT2D eigenvalue weighted by Gasteiger charge is 2.10. The maximum atomic E-state index is 4.94. The lowest BCUT2D eigenvalue weighted by atomic mass is 10.1. The quantitative estimate of drug-likeness (QED) is 0.200. The Morgan fingerprint density at radius 3 is 1.88 bits per heavy atom. The second-order valence-corrected chi connectivity index (χ2v) is 8.45. The lowest BCUT2D eigenvalue weighted by molar-refractivity contribution is 1.01. The third-order valence-electron chi connectivity index (χ3n) is 6.44. The van der Waals surface area contributed by atoms with Crippen molar-refractivity contribution in [2.24, 2.45) is 12.1 Å². The predicted molar refractivity (Wildman–Crippen MR) is 142 cm³/mol. The van der Waals surface area contributed by atoms with Crippen molar-refractivity contribution >= 4 is 39.4 Å². The summed E-state index contributed by atoms with van der Waals surface area (Å²) in [5.41, 5.74) is 8.32. The number of hydrazone groups is 1. The van der Waals surface area contributed by atoms with Crippen molar-refractivity contribution in [1.29, 1.82) is 0 Å². The van der Waals surface area contributed by atoms with Crippen molar-refractivity contribution in [2.45, 2.75) is 26.7 Å². The predicted octanol–water partition coefficient (Wildman–Crippen LogP) is 7.63. The number of fused-ring (bicyclic) bond motifs is 3. The highest BCUT2D eigenvalue weighted by molar-refractivity contribution is 6.09. The van der Waals surface area contributed by atoms with Crippen LogP contribution in [0.5, 0.6) is 0 Å². The van der Waals surface area contributed by atoms with Gasteiger partial charge in [-0.25, -0.2) is 5.01 Å². The van der Waals surface area contributed by atoms with E-state index in [-0.39, 0.29) is 0 Å². The molecule has 0 aliphatic heterocycles. The third-order valence-corrected chi connectivity index (χ3v) is 6.44. The van der Waals surface area contributed by atoms with Crippen LogP contribution in [-0.2, 0) is 19.9 Å². The van der Waals surface area contributed by atoms with Gasteiger partial charge in [0.1, 0.15) is 0 Å². The van der Waals surface area contributed by atoms with Gasteiger partial charge in [-0.15, -0.1) is 0 Å². The fraction of sp³-hybridized carbons (Fsp3) is 0.167. The second kappa shape index (κ2) is 8.95. The van der Waals surface area contributed by atoms with Crippen LogP contribution < -0.4 is 5.01 Å². The molecule has 33 heavy (non-hydrogen) atoms. The molecule has 0 aliphatic carbocycles. The smallest absolute Gasteiger partial charge is 0.0652 e. The number of para-hydroxylation sites is 1. The Morgan fingerprint density at radius 2 is 1.27 bits per heavy atom. The molecule has 0 unspecified atom stereocenters. The minimum absolute atomic E-state index is 1.03. The molecule has 0 N–H and O–H groups in total. The molecule has 1 aromatic heterocycles. The summed E-state index contributed by atoms with van der Waals surface area (Å²) in [6.07, 6.45) is 4.02. The number of hydrogen-bond donors (Lipinski definition) is 0. The molecule has 0 amide bonds. The van der Waals surface area contributed by atoms with E-state index in [0.717, 1.165) is 29.8 Å². The first-order valence-electron chi connectivity index (χ1n) is 11.7. The van der Waals surface area contributed by atoms with Crippen molar-refractivity contribution in [1.82, 2.24) is 4.57 Å². The molecule has 0 bridgehead atoms. The van der Waals surface area contributed by atoms with E-state index in [1.54, 1.807) is 0 Å². The second-order valence-electron chi connectivity index (χ2n) is 8.45. The van der Waals surface area contributed by atoms with E-state index in [4.69, 9.17) is 5.10 Å². The van der Waals surface area contributed by atoms with Gasteiger partial charge >= 0.3 is 0 Å². The number of aryl methyl sites for hydroxylation is 3. The van der Waals surface area contributed by atoms with Gasteiger partial charge in [-0.1, -0.05) is 62.4 Å². The van der Waals surface area contributed by atoms with Crippen LogP contribution in [-0.4, -0.2) is 10.8 Å². The van der Waals surface area contributed by atoms with Crippen molar-refractivity contribution in [3.63, 3.8) is 0 Å². The van der Waals surface area contributed by atoms with Gasteiger partial charge in [0.25, 0.3) is 0 Å². The monoisotopic (exact) mass is 431 g/mol. The van der Waals surface area contributed by atoms with Crippen LogP contribution in [0, 0.1) is 0 Å². The Kier molecular flexibility index (Phi) is 5.70. The molecule has 5 aromatic rings. The molecule has 0 saturated heterocycles. The summed E-state index contributed by atoms with van der Waals surface area (Å²) in [6, 6.07) is 32.4. The van der Waals surface area contributed by atoms with Gasteiger partial charge in [-0.05, 0) is 72.0 Å². The molecule has 164 valence electrons. The number of benzene rings is 4. The van der Waals surface area contributed by atoms with Crippen LogP contribution in [0.15, 0.2) is 96.1 Å². The van der Waals surface area contributed by atoms with E-state index >= 15 is 0 Å². The summed E-state index contributed by atoms with van der Waals surface area (Å²) in [4.78, 5) is 0. The number of nitrogens with zero attached hydrogens (tertiary/aromatic N) is 3. The van der Waals surface area contributed by atoms with E-state index in [2.05, 4.69) is 116 Å². The Morgan fingerprint density at radius 1 is 0.697 bits per heavy atom. The van der Waals surface area contributed by atoms with Crippen LogP contribution in [0.1, 0.15) is 30.5 Å². The Balaban J connectivity index is 1.55. The van der Waals surface area contributed by atoms with Crippen LogP contribution in [0.3, 0.4) is 0 Å². The van der Waals surface area contributed by atoms with E-state index in [1.807, 2.05) is 11.2 Å². The molecule has 0 atom stereocenters. The molecule has 0 fully saturated rings. The van der Waals surface area contributed by atoms with Gasteiger partial charge < -0.3 is 4.57 Å². The topological polar surface area (TPSA) is 20.5 Å². The molecule has 3 nitrogen and oxygen atoms in total. The molecule has 0 radical (unpaired) electrons. The number of anilines is 2. The minimum atomic E-state index is 1.03. The lowest BCUT2D eigenvalue weighted by Gasteiger charge is -2.20. The normalized spacial score (nSPS) is 11.6. The molecular formula is C30H29N3. The van der Waals surface area contributed by atoms with Crippen molar-refractivity contribution < 1.29 is 0 Å². The summed E-state index contributed by atoms with van der Waals surface area (Å²) in [6.45, 7) is 4.36. The number of hydrogen-bond acceptors (Lipinski definition) is 2. The van der Waals surface area contributed by atoms with Crippen LogP contribution in [0.25, 0.3) is 21.8 Å². The molecule has 4 aromatic carbocycles. The maximum Gasteiger partial charge on any atom is 0.0652 e. The Labute approximate surface area is 195 Å². The first kappa shape index (κ1) is 21.0. The van der Waals surface area contributed by atoms with Gasteiger partial charge in [-0.3, -0.25) is 0 Å². The largest absolute Gasteiger partial charge is 0.344 e. The summed E-state index contributed by atoms with van der Waals surface area (Å²) in [7, 11) is 2.13. The number of aromatic nitrogens is 1. The molecule has 0 saturated carbocycles. The first-order chi connectivity index (χ1) is 16.2. The number of rotatable bonds is 6. The van der Waals surface area contributed by atoms with Gasteiger partial charge in [0.2, 0.25) is 0 Å². The van der Waals surface area contributed by atoms with Crippen molar-refractivity contribution in [3.8, 4) is 0 Å². The standard InChI is InChI=1S/C30H29N3/c1-4-22-10-15-25(16-11-22)33(26-17-12-23(5-2)13-18-26)31-21-24-14-19-30-28(20-24)27-8-6-7-9-29(27)32(30)3/h6-21H,4-5H2,1-3H3/b31-21+. The van der Waals surface area contributed by atoms with Crippen LogP contribution >= 0.6 is 0 Å². The van der Waals surface area contributed by atoms with Crippen molar-refractivity contribution in [2.75, 3.05) is 5.01 Å². The lowest BCUT2D eigenvalue weighted by Crippen LogP contribution is -2.09. The highest BCUT2D eigenvalue weighted by Crippen LogP contribution is 2.29. The molecule has 5 rings (SSSR count). The SMILES string of the molecule is CCc1ccc(N(/N=C/c2ccc3c(c2)c2ccccc2n3C)c2ccc(CC)cc2)cc1. The van der Waals surface area contributed by atoms with Gasteiger partial charge in [0, 0.05) is 28.9 Å². The molecule has 1 heterocycles. The summed E-state index contributed by atoms with van der Waals surface area (Å²) in [5.74, 6) is 0. The average molecular weight is 432 g/mol. The maximum absolute atomic E-state index is 4.94. The molecule has 0 spiro atoms. The molecule has 3 heteroatoms. The van der Waals surface area contributed by atoms with E-state index < -0.39 is 0 Å². The van der Waals surface area contributed by atoms with Crippen molar-refractivity contribution in [3.05, 3.63) is 108 Å². The first-order valence-corrected chi connectivity index (χ1v) is 11.7. The van der Waals surface area contributed by atoms with Crippen LogP contribution in [0.4, 0.5) is 11.4 Å². The Hall–Kier alpha value is -3.85. The third kappa shape index (κ3) is 4.03. The Bertz CT molecular complexity index is 1380. The minimum Gasteiger partial charge on any atom is -0.344 e. The zero-order valence-electron chi connectivity index (χ0n) is 19.5. The highest BCUT2D eigenvalue weighted by atomic mass is 15.5. The summed E-state index contributed by atoms with van der Waals surface area (Å²) in [5, 5.41) is 9.48. The fourth-order valence-corrected chi connectivity index (χ4v) is 4.42. The van der Waals surface area contributed by atoms with E-state index in [1.165, 1.54) is 32.9 Å². The van der Waals surface area contributed by atoms with Gasteiger partial charge in [0.05, 0.1) is 17.6 Å². The zero-order valence-corrected chi connectivity index (χ0v) is 19.5. The fourth-order valence-electron chi connectivity index (χ4n) is 4.42. The van der Waals surface area contributed by atoms with Gasteiger partial charge in [0.15, 0.2) is 0 Å². The average Bonchev–Trinajstić information content (AvgIpc) is 3.16. The van der Waals surface area contributed by atoms with E-state index in [0.29, 0.717) is 0 Å². The zero-order chi connectivity index (χ0) is 22.8. The molecule has 0 aliphatic rings. The summed E-state index contributed by atoms with van der Waals surface area (Å²) < 4.78 is 2.25. The van der Waals surface area contributed by atoms with Gasteiger partial charge in [-0.2, -0.15) is 5.10 Å². The molecular weight excluding hydrogens is 402 g/mol.